The van der Waals surface area contributed by atoms with Crippen LogP contribution >= 0.6 is 0 Å². The van der Waals surface area contributed by atoms with Gasteiger partial charge in [-0.1, -0.05) is 219 Å². The Bertz CT molecular complexity index is 5870. The van der Waals surface area contributed by atoms with Gasteiger partial charge < -0.3 is 19.3 Å². The fourth-order valence-corrected chi connectivity index (χ4v) is 16.4. The van der Waals surface area contributed by atoms with Gasteiger partial charge in [-0.3, -0.25) is 0 Å². The summed E-state index contributed by atoms with van der Waals surface area (Å²) in [7, 11) is 0. The van der Waals surface area contributed by atoms with Crippen molar-refractivity contribution in [3.63, 3.8) is 0 Å². The zero-order chi connectivity index (χ0) is 76.2. The molecule has 10 heteroatoms. The third-order valence-electron chi connectivity index (χ3n) is 21.7. The van der Waals surface area contributed by atoms with E-state index in [1.54, 1.807) is 48.6 Å². The standard InChI is InChI=1S/C102H66F6N2O2/c1-3-65-13-49-85(50-14-65)111-87-53-29-73(30-54-87)101(75-33-59-97(105)99(107)61-75)93-11-7-5-9-89(93)91-57-47-83(63-95(91)101)109(79-39-21-69(22-40-79)67-17-35-77(103)36-18-67)81-43-25-71(26-44-81)72-27-45-82(46-28-72)110(80-41-23-70(24-42-80)68-19-37-78(104)38-20-68)84-48-58-92-90-10-6-8-12-94(90)102(96(92)64-84,76-34-60-98(106)100(108)62-76)74-31-55-88(56-32-74)112-86-51-15-66(4-2)16-52-86/h3-64H,1-2H2. The van der Waals surface area contributed by atoms with E-state index in [1.807, 2.05) is 170 Å². The molecule has 0 aliphatic heterocycles. The zero-order valence-corrected chi connectivity index (χ0v) is 60.2. The summed E-state index contributed by atoms with van der Waals surface area (Å²) in [4.78, 5) is 4.36. The first-order valence-electron chi connectivity index (χ1n) is 36.8. The summed E-state index contributed by atoms with van der Waals surface area (Å²) in [6.45, 7) is 7.77. The van der Waals surface area contributed by atoms with Gasteiger partial charge in [0.2, 0.25) is 0 Å². The number of ether oxygens (including phenoxy) is 2. The average Bonchev–Trinajstić information content (AvgIpc) is 1.53. The van der Waals surface area contributed by atoms with Crippen molar-refractivity contribution < 1.29 is 35.8 Å². The Kier molecular flexibility index (Phi) is 17.8. The summed E-state index contributed by atoms with van der Waals surface area (Å²) in [6, 6.07) is 114. The van der Waals surface area contributed by atoms with E-state index in [4.69, 9.17) is 9.47 Å². The van der Waals surface area contributed by atoms with Gasteiger partial charge in [-0.2, -0.15) is 0 Å². The van der Waals surface area contributed by atoms with Crippen LogP contribution in [0.1, 0.15) is 55.6 Å². The Morgan fingerprint density at radius 2 is 0.500 bits per heavy atom. The van der Waals surface area contributed by atoms with Crippen LogP contribution in [0.5, 0.6) is 23.0 Å². The number of anilines is 6. The van der Waals surface area contributed by atoms with Crippen LogP contribution in [-0.4, -0.2) is 0 Å². The summed E-state index contributed by atoms with van der Waals surface area (Å²) in [5, 5.41) is 0. The number of hydrogen-bond acceptors (Lipinski definition) is 4. The molecule has 0 spiro atoms. The highest BCUT2D eigenvalue weighted by Crippen LogP contribution is 2.60. The number of nitrogens with zero attached hydrogens (tertiary/aromatic N) is 2. The molecule has 0 fully saturated rings. The maximum Gasteiger partial charge on any atom is 0.159 e. The molecule has 16 aromatic carbocycles. The van der Waals surface area contributed by atoms with Gasteiger partial charge in [0.1, 0.15) is 34.6 Å². The predicted molar refractivity (Wildman–Crippen MR) is 440 cm³/mol. The molecule has 112 heavy (non-hydrogen) atoms. The van der Waals surface area contributed by atoms with E-state index < -0.39 is 34.1 Å². The summed E-state index contributed by atoms with van der Waals surface area (Å²) in [6.07, 6.45) is 3.54. The molecular formula is C102H66F6N2O2. The predicted octanol–water partition coefficient (Wildman–Crippen LogP) is 28.1. The van der Waals surface area contributed by atoms with Crippen molar-refractivity contribution in [2.24, 2.45) is 0 Å². The van der Waals surface area contributed by atoms with E-state index >= 15 is 17.6 Å². The Hall–Kier alpha value is -14.2. The van der Waals surface area contributed by atoms with Gasteiger partial charge in [0.25, 0.3) is 0 Å². The highest BCUT2D eigenvalue weighted by molar-refractivity contribution is 5.93. The molecule has 0 aromatic heterocycles. The largest absolute Gasteiger partial charge is 0.457 e. The van der Waals surface area contributed by atoms with E-state index in [1.165, 1.54) is 48.5 Å². The lowest BCUT2D eigenvalue weighted by atomic mass is 9.67. The summed E-state index contributed by atoms with van der Waals surface area (Å²) >= 11 is 0. The van der Waals surface area contributed by atoms with Gasteiger partial charge in [0.15, 0.2) is 23.3 Å². The first kappa shape index (κ1) is 69.5. The fourth-order valence-electron chi connectivity index (χ4n) is 16.4. The molecular weight excluding hydrogens is 1400 g/mol. The van der Waals surface area contributed by atoms with Gasteiger partial charge in [-0.25, -0.2) is 26.3 Å². The third-order valence-corrected chi connectivity index (χ3v) is 21.7. The van der Waals surface area contributed by atoms with Gasteiger partial charge in [-0.15, -0.1) is 0 Å². The maximum atomic E-state index is 16.1. The van der Waals surface area contributed by atoms with Gasteiger partial charge in [-0.05, 0) is 281 Å². The number of fused-ring (bicyclic) bond motifs is 6. The van der Waals surface area contributed by atoms with E-state index in [2.05, 4.69) is 132 Å². The van der Waals surface area contributed by atoms with Gasteiger partial charge in [0, 0.05) is 34.1 Å². The van der Waals surface area contributed by atoms with Crippen molar-refractivity contribution in [3.05, 3.63) is 468 Å². The second-order valence-electron chi connectivity index (χ2n) is 28.0. The quantitative estimate of drug-likeness (QED) is 0.0754. The number of halogens is 6. The van der Waals surface area contributed by atoms with Crippen LogP contribution < -0.4 is 19.3 Å². The highest BCUT2D eigenvalue weighted by Gasteiger charge is 2.49. The molecule has 0 bridgehead atoms. The zero-order valence-electron chi connectivity index (χ0n) is 60.2. The van der Waals surface area contributed by atoms with Crippen LogP contribution in [0.2, 0.25) is 0 Å². The minimum Gasteiger partial charge on any atom is -0.457 e. The molecule has 0 N–H and O–H groups in total. The monoisotopic (exact) mass is 1460 g/mol. The first-order valence-corrected chi connectivity index (χ1v) is 36.8. The van der Waals surface area contributed by atoms with E-state index in [0.29, 0.717) is 34.1 Å². The second kappa shape index (κ2) is 28.7. The molecule has 2 aliphatic rings. The van der Waals surface area contributed by atoms with E-state index in [9.17, 15) is 8.78 Å². The van der Waals surface area contributed by atoms with Crippen molar-refractivity contribution in [3.8, 4) is 78.6 Å². The van der Waals surface area contributed by atoms with Crippen molar-refractivity contribution in [1.82, 2.24) is 0 Å². The van der Waals surface area contributed by atoms with Gasteiger partial charge >= 0.3 is 0 Å². The topological polar surface area (TPSA) is 24.9 Å². The SMILES string of the molecule is C=Cc1ccc(Oc2ccc(C3(c4ccc(F)c(F)c4)c4ccccc4-c4ccc(N(c5ccc(-c6ccc(F)cc6)cc5)c5ccc(-c6ccc(N(c7ccc(-c8ccc(F)cc8)cc7)c7ccc8c(c7)C(c7ccc(Oc9ccc(C=C)cc9)cc7)(c7ccc(F)c(F)c7)c7ccccc7-8)cc6)cc5)cc43)cc2)cc1. The van der Waals surface area contributed by atoms with Crippen LogP contribution in [0.25, 0.3) is 67.8 Å². The van der Waals surface area contributed by atoms with E-state index in [0.717, 1.165) is 134 Å². The summed E-state index contributed by atoms with van der Waals surface area (Å²) in [5.41, 5.74) is 19.7. The average molecular weight is 1470 g/mol. The second-order valence-corrected chi connectivity index (χ2v) is 28.0. The normalized spacial score (nSPS) is 14.3. The molecule has 0 saturated carbocycles. The van der Waals surface area contributed by atoms with Crippen molar-refractivity contribution in [2.45, 2.75) is 10.8 Å². The Balaban J connectivity index is 0.742. The van der Waals surface area contributed by atoms with Crippen LogP contribution in [0.15, 0.2) is 377 Å². The highest BCUT2D eigenvalue weighted by atomic mass is 19.2. The molecule has 4 nitrogen and oxygen atoms in total. The molecule has 2 unspecified atom stereocenters. The number of rotatable bonds is 19. The van der Waals surface area contributed by atoms with Crippen LogP contribution in [-0.2, 0) is 10.8 Å². The Morgan fingerprint density at radius 1 is 0.232 bits per heavy atom. The van der Waals surface area contributed by atoms with Crippen LogP contribution in [0, 0.1) is 34.9 Å². The van der Waals surface area contributed by atoms with Crippen molar-refractivity contribution in [1.29, 1.82) is 0 Å². The minimum atomic E-state index is -1.16. The van der Waals surface area contributed by atoms with Crippen LogP contribution in [0.3, 0.4) is 0 Å². The smallest absolute Gasteiger partial charge is 0.159 e. The Labute approximate surface area is 645 Å². The Morgan fingerprint density at radius 3 is 0.804 bits per heavy atom. The summed E-state index contributed by atoms with van der Waals surface area (Å²) in [5.74, 6) is -2.05. The third kappa shape index (κ3) is 12.4. The minimum absolute atomic E-state index is 0.330. The van der Waals surface area contributed by atoms with E-state index in [-0.39, 0.29) is 11.6 Å². The number of hydrogen-bond donors (Lipinski definition) is 0. The molecule has 0 saturated heterocycles. The molecule has 0 heterocycles. The van der Waals surface area contributed by atoms with Gasteiger partial charge in [0.05, 0.1) is 10.8 Å². The molecule has 2 atom stereocenters. The lowest BCUT2D eigenvalue weighted by Gasteiger charge is -2.35. The van der Waals surface area contributed by atoms with Crippen molar-refractivity contribution in [2.75, 3.05) is 9.80 Å². The molecule has 18 rings (SSSR count). The fraction of sp³-hybridized carbons (Fsp3) is 0.0196. The molecule has 0 radical (unpaired) electrons. The summed E-state index contributed by atoms with van der Waals surface area (Å²) < 4.78 is 104. The van der Waals surface area contributed by atoms with Crippen LogP contribution in [0.4, 0.5) is 60.5 Å². The maximum absolute atomic E-state index is 16.1. The lowest BCUT2D eigenvalue weighted by molar-refractivity contribution is 0.482. The molecule has 538 valence electrons. The lowest BCUT2D eigenvalue weighted by Crippen LogP contribution is -2.29. The first-order chi connectivity index (χ1) is 54.8. The van der Waals surface area contributed by atoms with Crippen molar-refractivity contribution >= 4 is 46.3 Å². The molecule has 2 aliphatic carbocycles. The number of benzene rings is 16. The molecule has 0 amide bonds. The molecule has 16 aromatic rings.